The summed E-state index contributed by atoms with van der Waals surface area (Å²) in [6, 6.07) is 11.7. The summed E-state index contributed by atoms with van der Waals surface area (Å²) in [5.74, 6) is -0.696. The fourth-order valence-corrected chi connectivity index (χ4v) is 3.64. The normalized spacial score (nSPS) is 15.4. The van der Waals surface area contributed by atoms with Crippen LogP contribution in [-0.2, 0) is 16.1 Å². The predicted molar refractivity (Wildman–Crippen MR) is 109 cm³/mol. The van der Waals surface area contributed by atoms with Crippen molar-refractivity contribution in [2.24, 2.45) is 5.73 Å². The molecule has 1 fully saturated rings. The molecule has 2 aromatic rings. The number of thioether (sulfide) groups is 1. The van der Waals surface area contributed by atoms with Crippen molar-refractivity contribution in [3.63, 3.8) is 0 Å². The number of nitrogens with zero attached hydrogens (tertiary/aromatic N) is 1. The average Bonchev–Trinajstić information content (AvgIpc) is 2.90. The molecule has 0 radical (unpaired) electrons. The number of imide groups is 1. The van der Waals surface area contributed by atoms with Gasteiger partial charge in [-0.2, -0.15) is 0 Å². The first-order valence-electron chi connectivity index (χ1n) is 8.04. The second-order valence-electron chi connectivity index (χ2n) is 5.84. The summed E-state index contributed by atoms with van der Waals surface area (Å²) in [6.07, 6.45) is 1.58. The van der Waals surface area contributed by atoms with Gasteiger partial charge in [0.15, 0.2) is 6.61 Å². The molecule has 0 atom stereocenters. The van der Waals surface area contributed by atoms with Crippen LogP contribution in [-0.4, -0.2) is 28.6 Å². The first kappa shape index (κ1) is 20.3. The van der Waals surface area contributed by atoms with Crippen LogP contribution in [0.4, 0.5) is 4.79 Å². The molecular formula is C19H14Cl2N2O4S. The average molecular weight is 437 g/mol. The van der Waals surface area contributed by atoms with Crippen molar-refractivity contribution >= 4 is 58.1 Å². The maximum absolute atomic E-state index is 12.6. The lowest BCUT2D eigenvalue weighted by molar-refractivity contribution is -0.123. The first-order valence-corrected chi connectivity index (χ1v) is 9.61. The third-order valence-corrected chi connectivity index (χ3v) is 5.21. The molecule has 9 heteroatoms. The number of hydrogen-bond donors (Lipinski definition) is 1. The highest BCUT2D eigenvalue weighted by Gasteiger charge is 2.35. The molecule has 0 saturated carbocycles. The van der Waals surface area contributed by atoms with Crippen molar-refractivity contribution in [1.29, 1.82) is 0 Å². The van der Waals surface area contributed by atoms with Crippen molar-refractivity contribution in [2.45, 2.75) is 6.54 Å². The molecule has 3 amide bonds. The lowest BCUT2D eigenvalue weighted by Gasteiger charge is -2.12. The molecule has 1 heterocycles. The van der Waals surface area contributed by atoms with Crippen molar-refractivity contribution in [3.8, 4) is 5.75 Å². The Bertz CT molecular complexity index is 976. The molecule has 0 aromatic heterocycles. The number of rotatable bonds is 6. The Kier molecular flexibility index (Phi) is 6.28. The van der Waals surface area contributed by atoms with E-state index in [0.29, 0.717) is 21.2 Å². The topological polar surface area (TPSA) is 89.7 Å². The summed E-state index contributed by atoms with van der Waals surface area (Å²) in [4.78, 5) is 37.1. The van der Waals surface area contributed by atoms with Gasteiger partial charge in [-0.15, -0.1) is 0 Å². The third kappa shape index (κ3) is 4.86. The van der Waals surface area contributed by atoms with Crippen LogP contribution in [0.25, 0.3) is 6.08 Å². The van der Waals surface area contributed by atoms with Crippen molar-refractivity contribution in [2.75, 3.05) is 6.61 Å². The van der Waals surface area contributed by atoms with Gasteiger partial charge < -0.3 is 10.5 Å². The summed E-state index contributed by atoms with van der Waals surface area (Å²) in [7, 11) is 0. The van der Waals surface area contributed by atoms with E-state index in [1.54, 1.807) is 48.5 Å². The lowest BCUT2D eigenvalue weighted by Crippen LogP contribution is -2.27. The molecule has 28 heavy (non-hydrogen) atoms. The van der Waals surface area contributed by atoms with Crippen LogP contribution < -0.4 is 10.5 Å². The molecule has 144 valence electrons. The van der Waals surface area contributed by atoms with Gasteiger partial charge in [0.1, 0.15) is 5.75 Å². The monoisotopic (exact) mass is 436 g/mol. The Morgan fingerprint density at radius 2 is 1.86 bits per heavy atom. The number of ether oxygens (including phenoxy) is 1. The fourth-order valence-electron chi connectivity index (χ4n) is 2.43. The number of hydrogen-bond acceptors (Lipinski definition) is 5. The molecule has 0 aliphatic carbocycles. The molecule has 6 nitrogen and oxygen atoms in total. The van der Waals surface area contributed by atoms with E-state index in [9.17, 15) is 14.4 Å². The van der Waals surface area contributed by atoms with E-state index in [4.69, 9.17) is 33.7 Å². The van der Waals surface area contributed by atoms with Gasteiger partial charge in [0.05, 0.1) is 16.5 Å². The Balaban J connectivity index is 1.75. The van der Waals surface area contributed by atoms with E-state index in [1.165, 1.54) is 4.90 Å². The minimum absolute atomic E-state index is 0.166. The zero-order chi connectivity index (χ0) is 20.3. The van der Waals surface area contributed by atoms with E-state index in [2.05, 4.69) is 0 Å². The van der Waals surface area contributed by atoms with Crippen LogP contribution in [0.1, 0.15) is 11.1 Å². The predicted octanol–water partition coefficient (Wildman–Crippen LogP) is 4.09. The highest BCUT2D eigenvalue weighted by molar-refractivity contribution is 8.18. The Labute approximate surface area is 175 Å². The van der Waals surface area contributed by atoms with Crippen molar-refractivity contribution < 1.29 is 19.1 Å². The highest BCUT2D eigenvalue weighted by atomic mass is 35.5. The van der Waals surface area contributed by atoms with Gasteiger partial charge in [-0.25, -0.2) is 0 Å². The van der Waals surface area contributed by atoms with E-state index >= 15 is 0 Å². The number of nitrogens with two attached hydrogens (primary N) is 1. The van der Waals surface area contributed by atoms with Gasteiger partial charge >= 0.3 is 0 Å². The number of primary amides is 1. The molecule has 0 unspecified atom stereocenters. The first-order chi connectivity index (χ1) is 13.3. The Hall–Kier alpha value is -2.48. The third-order valence-electron chi connectivity index (χ3n) is 3.75. The Morgan fingerprint density at radius 3 is 2.50 bits per heavy atom. The van der Waals surface area contributed by atoms with Crippen LogP contribution in [0.3, 0.4) is 0 Å². The number of halogens is 2. The zero-order valence-electron chi connectivity index (χ0n) is 14.4. The van der Waals surface area contributed by atoms with Crippen LogP contribution in [0.5, 0.6) is 5.75 Å². The van der Waals surface area contributed by atoms with Crippen LogP contribution in [0.15, 0.2) is 47.4 Å². The maximum Gasteiger partial charge on any atom is 0.293 e. The van der Waals surface area contributed by atoms with Gasteiger partial charge in [-0.1, -0.05) is 41.4 Å². The van der Waals surface area contributed by atoms with Gasteiger partial charge in [0.25, 0.3) is 17.1 Å². The van der Waals surface area contributed by atoms with Gasteiger partial charge in [0.2, 0.25) is 0 Å². The number of carbonyl (C=O) groups excluding carboxylic acids is 3. The molecule has 2 aromatic carbocycles. The molecule has 1 aliphatic rings. The molecule has 0 spiro atoms. The summed E-state index contributed by atoms with van der Waals surface area (Å²) >= 11 is 12.8. The van der Waals surface area contributed by atoms with Crippen LogP contribution in [0, 0.1) is 0 Å². The maximum atomic E-state index is 12.6. The lowest BCUT2D eigenvalue weighted by atomic mass is 10.2. The molecule has 1 saturated heterocycles. The van der Waals surface area contributed by atoms with Crippen LogP contribution >= 0.6 is 35.0 Å². The second kappa shape index (κ2) is 8.68. The van der Waals surface area contributed by atoms with Gasteiger partial charge in [-0.3, -0.25) is 19.3 Å². The Morgan fingerprint density at radius 1 is 1.14 bits per heavy atom. The highest BCUT2D eigenvalue weighted by Crippen LogP contribution is 2.34. The van der Waals surface area contributed by atoms with Crippen molar-refractivity contribution in [3.05, 3.63) is 68.5 Å². The van der Waals surface area contributed by atoms with Crippen molar-refractivity contribution in [1.82, 2.24) is 4.90 Å². The SMILES string of the molecule is NC(=O)COc1ccc(/C=C2\SC(=O)N(Cc3ccc(Cl)cc3)C2=O)cc1Cl. The van der Waals surface area contributed by atoms with Gasteiger partial charge in [0, 0.05) is 5.02 Å². The largest absolute Gasteiger partial charge is 0.482 e. The smallest absolute Gasteiger partial charge is 0.293 e. The summed E-state index contributed by atoms with van der Waals surface area (Å²) in [5.41, 5.74) is 6.45. The zero-order valence-corrected chi connectivity index (χ0v) is 16.7. The molecule has 3 rings (SSSR count). The number of amides is 3. The van der Waals surface area contributed by atoms with Crippen LogP contribution in [0.2, 0.25) is 10.0 Å². The van der Waals surface area contributed by atoms with E-state index in [1.807, 2.05) is 0 Å². The molecule has 1 aliphatic heterocycles. The number of benzene rings is 2. The summed E-state index contributed by atoms with van der Waals surface area (Å²) in [6.45, 7) is -0.123. The minimum Gasteiger partial charge on any atom is -0.482 e. The minimum atomic E-state index is -0.616. The quantitative estimate of drug-likeness (QED) is 0.688. The summed E-state index contributed by atoms with van der Waals surface area (Å²) < 4.78 is 5.18. The molecule has 0 bridgehead atoms. The molecule has 2 N–H and O–H groups in total. The van der Waals surface area contributed by atoms with E-state index in [-0.39, 0.29) is 29.3 Å². The fraction of sp³-hybridized carbons (Fsp3) is 0.105. The van der Waals surface area contributed by atoms with Gasteiger partial charge in [-0.05, 0) is 53.2 Å². The number of carbonyl (C=O) groups is 3. The van der Waals surface area contributed by atoms with E-state index in [0.717, 1.165) is 17.3 Å². The second-order valence-corrected chi connectivity index (χ2v) is 7.68. The van der Waals surface area contributed by atoms with E-state index < -0.39 is 5.91 Å². The standard InChI is InChI=1S/C19H14Cl2N2O4S/c20-13-4-1-11(2-5-13)9-23-18(25)16(28-19(23)26)8-12-3-6-15(14(21)7-12)27-10-17(22)24/h1-8H,9-10H2,(H2,22,24)/b16-8-. The molecular weight excluding hydrogens is 423 g/mol. The summed E-state index contributed by atoms with van der Waals surface area (Å²) in [5, 5.41) is 0.493.